The van der Waals surface area contributed by atoms with Gasteiger partial charge in [-0.2, -0.15) is 18.4 Å². The lowest BCUT2D eigenvalue weighted by molar-refractivity contribution is -0.199. The van der Waals surface area contributed by atoms with Gasteiger partial charge in [-0.25, -0.2) is 8.42 Å². The Balaban J connectivity index is 1.43. The molecule has 1 N–H and O–H groups in total. The molecule has 39 heavy (non-hydrogen) atoms. The van der Waals surface area contributed by atoms with E-state index in [0.29, 0.717) is 35.8 Å². The van der Waals surface area contributed by atoms with Crippen LogP contribution in [0.5, 0.6) is 0 Å². The van der Waals surface area contributed by atoms with Gasteiger partial charge >= 0.3 is 6.18 Å². The quantitative estimate of drug-likeness (QED) is 0.519. The summed E-state index contributed by atoms with van der Waals surface area (Å²) in [6.07, 6.45) is -4.67. The first-order chi connectivity index (χ1) is 18.4. The maximum Gasteiger partial charge on any atom is 0.403 e. The molecule has 5 rings (SSSR count). The average Bonchev–Trinajstić information content (AvgIpc) is 3.84. The largest absolute Gasteiger partial charge is 0.403 e. The summed E-state index contributed by atoms with van der Waals surface area (Å²) in [6, 6.07) is 12.9. The highest BCUT2D eigenvalue weighted by Gasteiger charge is 2.70. The monoisotopic (exact) mass is 559 g/mol. The number of carbonyl (C=O) groups excluding carboxylic acids is 3. The first-order valence-corrected chi connectivity index (χ1v) is 13.9. The van der Waals surface area contributed by atoms with Crippen molar-refractivity contribution in [3.8, 4) is 17.2 Å². The van der Waals surface area contributed by atoms with E-state index in [9.17, 15) is 41.2 Å². The van der Waals surface area contributed by atoms with Crippen molar-refractivity contribution in [3.63, 3.8) is 0 Å². The second-order valence-corrected chi connectivity index (χ2v) is 12.6. The Morgan fingerprint density at radius 3 is 2.23 bits per heavy atom. The van der Waals surface area contributed by atoms with Crippen molar-refractivity contribution in [2.45, 2.75) is 60.0 Å². The molecule has 2 aromatic carbocycles. The normalized spacial score (nSPS) is 23.0. The Morgan fingerprint density at radius 2 is 1.69 bits per heavy atom. The van der Waals surface area contributed by atoms with Gasteiger partial charge in [0.25, 0.3) is 0 Å². The SMILES string of the molecule is N#CC1(NC(=O)[C@@H]2C[C@@H](S(=O)(=O)c3ccc(-c4ccccc4C=O)cc3)CN2C(=O)C2(C(F)(F)F)CC2)CC1. The molecule has 1 aliphatic heterocycles. The highest BCUT2D eigenvalue weighted by Crippen LogP contribution is 2.59. The van der Waals surface area contributed by atoms with Crippen molar-refractivity contribution < 1.29 is 36.0 Å². The molecule has 2 aliphatic carbocycles. The van der Waals surface area contributed by atoms with E-state index in [4.69, 9.17) is 0 Å². The summed E-state index contributed by atoms with van der Waals surface area (Å²) in [6.45, 7) is -0.577. The number of nitriles is 1. The number of nitrogens with one attached hydrogen (secondary N) is 1. The van der Waals surface area contributed by atoms with Crippen LogP contribution in [0.3, 0.4) is 0 Å². The van der Waals surface area contributed by atoms with Gasteiger partial charge in [-0.15, -0.1) is 0 Å². The minimum absolute atomic E-state index is 0.124. The molecule has 2 aromatic rings. The van der Waals surface area contributed by atoms with Gasteiger partial charge in [0.15, 0.2) is 16.1 Å². The fourth-order valence-corrected chi connectivity index (χ4v) is 6.79. The Morgan fingerprint density at radius 1 is 1.05 bits per heavy atom. The van der Waals surface area contributed by atoms with Crippen LogP contribution in [0.1, 0.15) is 42.5 Å². The zero-order valence-corrected chi connectivity index (χ0v) is 21.4. The van der Waals surface area contributed by atoms with E-state index in [0.717, 1.165) is 4.90 Å². The lowest BCUT2D eigenvalue weighted by atomic mass is 10.0. The first-order valence-electron chi connectivity index (χ1n) is 12.4. The molecule has 12 heteroatoms. The Bertz CT molecular complexity index is 1490. The zero-order valence-electron chi connectivity index (χ0n) is 20.6. The van der Waals surface area contributed by atoms with Crippen LogP contribution in [0.15, 0.2) is 53.4 Å². The van der Waals surface area contributed by atoms with Crippen molar-refractivity contribution in [2.24, 2.45) is 5.41 Å². The Hall–Kier alpha value is -3.72. The fraction of sp³-hybridized carbons (Fsp3) is 0.407. The molecule has 8 nitrogen and oxygen atoms in total. The summed E-state index contributed by atoms with van der Waals surface area (Å²) >= 11 is 0. The average molecular weight is 560 g/mol. The van der Waals surface area contributed by atoms with Crippen molar-refractivity contribution in [2.75, 3.05) is 6.54 Å². The first kappa shape index (κ1) is 26.9. The van der Waals surface area contributed by atoms with Crippen LogP contribution >= 0.6 is 0 Å². The number of aldehydes is 1. The Kier molecular flexibility index (Phi) is 6.33. The number of sulfone groups is 1. The molecule has 1 heterocycles. The molecule has 2 atom stereocenters. The standard InChI is InChI=1S/C27H24F3N3O5S/c28-27(29,30)26(11-12-26)24(36)33-14-20(13-22(33)23(35)32-25(16-31)9-10-25)39(37,38)19-7-5-17(6-8-19)21-4-2-1-3-18(21)15-34/h1-8,15,20,22H,9-14H2,(H,32,35)/t20-,22+/m1/s1. The lowest BCUT2D eigenvalue weighted by Crippen LogP contribution is -2.53. The van der Waals surface area contributed by atoms with Crippen molar-refractivity contribution in [1.29, 1.82) is 5.26 Å². The molecule has 2 amide bonds. The zero-order chi connectivity index (χ0) is 28.2. The van der Waals surface area contributed by atoms with Crippen LogP contribution in [0.4, 0.5) is 13.2 Å². The van der Waals surface area contributed by atoms with Gasteiger partial charge in [0.2, 0.25) is 11.8 Å². The number of carbonyl (C=O) groups is 3. The summed E-state index contributed by atoms with van der Waals surface area (Å²) in [5.41, 5.74) is -2.16. The predicted molar refractivity (Wildman–Crippen MR) is 132 cm³/mol. The number of rotatable bonds is 7. The van der Waals surface area contributed by atoms with E-state index in [1.165, 1.54) is 24.3 Å². The third kappa shape index (κ3) is 4.58. The van der Waals surface area contributed by atoms with Crippen LogP contribution in [0, 0.1) is 16.7 Å². The van der Waals surface area contributed by atoms with Crippen LogP contribution in [-0.2, 0) is 19.4 Å². The molecular weight excluding hydrogens is 535 g/mol. The summed E-state index contributed by atoms with van der Waals surface area (Å²) < 4.78 is 68.4. The maximum absolute atomic E-state index is 13.8. The van der Waals surface area contributed by atoms with Crippen molar-refractivity contribution in [3.05, 3.63) is 54.1 Å². The van der Waals surface area contributed by atoms with Gasteiger partial charge in [-0.1, -0.05) is 36.4 Å². The molecule has 0 aromatic heterocycles. The highest BCUT2D eigenvalue weighted by atomic mass is 32.2. The topological polar surface area (TPSA) is 124 Å². The lowest BCUT2D eigenvalue weighted by Gasteiger charge is -2.29. The third-order valence-corrected chi connectivity index (χ3v) is 10.0. The van der Waals surface area contributed by atoms with Gasteiger partial charge < -0.3 is 10.2 Å². The number of nitrogens with zero attached hydrogens (tertiary/aromatic N) is 2. The van der Waals surface area contributed by atoms with E-state index in [2.05, 4.69) is 5.32 Å². The van der Waals surface area contributed by atoms with Crippen molar-refractivity contribution >= 4 is 27.9 Å². The van der Waals surface area contributed by atoms with E-state index < -0.39 is 75.9 Å². The van der Waals surface area contributed by atoms with Gasteiger partial charge in [0, 0.05) is 12.1 Å². The van der Waals surface area contributed by atoms with Gasteiger partial charge in [-0.05, 0) is 55.4 Å². The number of halogens is 3. The fourth-order valence-electron chi connectivity index (χ4n) is 5.10. The van der Waals surface area contributed by atoms with E-state index in [-0.39, 0.29) is 4.90 Å². The summed E-state index contributed by atoms with van der Waals surface area (Å²) in [5.74, 6) is -2.14. The number of hydrogen-bond acceptors (Lipinski definition) is 6. The summed E-state index contributed by atoms with van der Waals surface area (Å²) in [5, 5.41) is 10.5. The van der Waals surface area contributed by atoms with Crippen LogP contribution < -0.4 is 5.32 Å². The van der Waals surface area contributed by atoms with E-state index >= 15 is 0 Å². The molecule has 3 fully saturated rings. The summed E-state index contributed by atoms with van der Waals surface area (Å²) in [4.78, 5) is 38.2. The van der Waals surface area contributed by atoms with Gasteiger partial charge in [0.1, 0.15) is 17.0 Å². The molecule has 2 saturated carbocycles. The number of alkyl halides is 3. The van der Waals surface area contributed by atoms with Gasteiger partial charge in [-0.3, -0.25) is 14.4 Å². The molecular formula is C27H24F3N3O5S. The molecule has 0 unspecified atom stereocenters. The van der Waals surface area contributed by atoms with E-state index in [1.54, 1.807) is 24.3 Å². The van der Waals surface area contributed by atoms with Crippen LogP contribution in [-0.4, -0.2) is 61.0 Å². The highest BCUT2D eigenvalue weighted by molar-refractivity contribution is 7.92. The van der Waals surface area contributed by atoms with Crippen molar-refractivity contribution in [1.82, 2.24) is 10.2 Å². The number of amides is 2. The molecule has 0 bridgehead atoms. The molecule has 204 valence electrons. The number of hydrogen-bond donors (Lipinski definition) is 1. The summed E-state index contributed by atoms with van der Waals surface area (Å²) in [7, 11) is -4.17. The number of likely N-dealkylation sites (tertiary alicyclic amines) is 1. The molecule has 3 aliphatic rings. The van der Waals surface area contributed by atoms with Crippen LogP contribution in [0.25, 0.3) is 11.1 Å². The maximum atomic E-state index is 13.8. The second kappa shape index (κ2) is 9.19. The van der Waals surface area contributed by atoms with Crippen LogP contribution in [0.2, 0.25) is 0 Å². The number of benzene rings is 2. The molecule has 0 radical (unpaired) electrons. The predicted octanol–water partition coefficient (Wildman–Crippen LogP) is 3.42. The van der Waals surface area contributed by atoms with Gasteiger partial charge in [0.05, 0.1) is 16.2 Å². The van der Waals surface area contributed by atoms with E-state index in [1.807, 2.05) is 6.07 Å². The minimum atomic E-state index is -4.83. The smallest absolute Gasteiger partial charge is 0.336 e. The third-order valence-electron chi connectivity index (χ3n) is 7.88. The second-order valence-electron chi connectivity index (χ2n) is 10.4. The molecule has 1 saturated heterocycles. The molecule has 0 spiro atoms. The minimum Gasteiger partial charge on any atom is -0.336 e. The Labute approximate surface area is 222 Å².